The molecule has 0 saturated carbocycles. The lowest BCUT2D eigenvalue weighted by atomic mass is 10.0. The molecule has 0 saturated heterocycles. The van der Waals surface area contributed by atoms with Crippen LogP contribution in [0.25, 0.3) is 10.8 Å². The Morgan fingerprint density at radius 1 is 1.24 bits per heavy atom. The molecule has 3 aromatic rings. The summed E-state index contributed by atoms with van der Waals surface area (Å²) in [5, 5.41) is 11.0. The molecule has 3 N–H and O–H groups in total. The second-order valence-electron chi connectivity index (χ2n) is 7.29. The van der Waals surface area contributed by atoms with Gasteiger partial charge in [-0.1, -0.05) is 24.3 Å². The van der Waals surface area contributed by atoms with Gasteiger partial charge in [0.1, 0.15) is 17.4 Å². The molecule has 172 valence electrons. The predicted octanol–water partition coefficient (Wildman–Crippen LogP) is 3.67. The minimum atomic E-state index is -0.194. The third-order valence-corrected chi connectivity index (χ3v) is 6.35. The van der Waals surface area contributed by atoms with Gasteiger partial charge in [0.05, 0.1) is 13.7 Å². The summed E-state index contributed by atoms with van der Waals surface area (Å²) < 4.78 is 5.41. The number of carbonyl (C=O) groups excluding carboxylic acids is 2. The average molecular weight is 467 g/mol. The summed E-state index contributed by atoms with van der Waals surface area (Å²) in [7, 11) is 1.59. The number of anilines is 1. The van der Waals surface area contributed by atoms with Crippen molar-refractivity contribution in [2.75, 3.05) is 19.5 Å². The summed E-state index contributed by atoms with van der Waals surface area (Å²) in [4.78, 5) is 35.4. The Hall–Kier alpha value is -3.43. The Balaban J connectivity index is 1.93. The van der Waals surface area contributed by atoms with E-state index in [1.54, 1.807) is 39.3 Å². The van der Waals surface area contributed by atoms with Crippen LogP contribution in [0.1, 0.15) is 35.1 Å². The number of nitrogen functional groups attached to an aromatic ring is 1. The van der Waals surface area contributed by atoms with E-state index in [1.807, 2.05) is 24.3 Å². The number of hydrogen-bond acceptors (Lipinski definition) is 8. The van der Waals surface area contributed by atoms with Crippen molar-refractivity contribution in [3.8, 4) is 5.75 Å². The van der Waals surface area contributed by atoms with Crippen LogP contribution in [0.2, 0.25) is 0 Å². The Morgan fingerprint density at radius 2 is 1.97 bits per heavy atom. The minimum absolute atomic E-state index is 0.149. The quantitative estimate of drug-likeness (QED) is 0.459. The lowest BCUT2D eigenvalue weighted by Crippen LogP contribution is -2.22. The number of aliphatic hydroxyl groups is 1. The number of thioether (sulfide) groups is 1. The summed E-state index contributed by atoms with van der Waals surface area (Å²) in [6.07, 6.45) is 2.47. The highest BCUT2D eigenvalue weighted by atomic mass is 32.2. The van der Waals surface area contributed by atoms with E-state index in [2.05, 4.69) is 9.97 Å². The van der Waals surface area contributed by atoms with E-state index < -0.39 is 0 Å². The van der Waals surface area contributed by atoms with Crippen molar-refractivity contribution in [1.82, 2.24) is 14.9 Å². The lowest BCUT2D eigenvalue weighted by Gasteiger charge is -2.22. The van der Waals surface area contributed by atoms with Crippen LogP contribution in [-0.4, -0.2) is 45.2 Å². The molecule has 0 aliphatic carbocycles. The first-order chi connectivity index (χ1) is 15.9. The van der Waals surface area contributed by atoms with Crippen LogP contribution in [0.3, 0.4) is 0 Å². The average Bonchev–Trinajstić information content (AvgIpc) is 2.82. The molecule has 0 radical (unpaired) electrons. The number of benzene rings is 2. The first-order valence-corrected chi connectivity index (χ1v) is 11.1. The number of rotatable bonds is 9. The Bertz CT molecular complexity index is 1210. The molecule has 2 aromatic carbocycles. The van der Waals surface area contributed by atoms with E-state index in [-0.39, 0.29) is 24.7 Å². The van der Waals surface area contributed by atoms with Gasteiger partial charge in [-0.25, -0.2) is 9.97 Å². The predicted molar refractivity (Wildman–Crippen MR) is 130 cm³/mol. The molecule has 1 heterocycles. The van der Waals surface area contributed by atoms with E-state index in [4.69, 9.17) is 10.5 Å². The summed E-state index contributed by atoms with van der Waals surface area (Å²) in [5.41, 5.74) is 7.64. The molecular formula is C24H26N4O4S. The number of ether oxygens (including phenoxy) is 1. The molecule has 0 fully saturated rings. The number of amides is 1. The van der Waals surface area contributed by atoms with Crippen LogP contribution in [0.15, 0.2) is 53.2 Å². The van der Waals surface area contributed by atoms with Gasteiger partial charge in [0, 0.05) is 46.3 Å². The number of hydrogen-bond donors (Lipinski definition) is 2. The number of nitrogens with two attached hydrogens (primary N) is 1. The lowest BCUT2D eigenvalue weighted by molar-refractivity contribution is -0.116. The highest BCUT2D eigenvalue weighted by molar-refractivity contribution is 8.17. The van der Waals surface area contributed by atoms with Crippen molar-refractivity contribution in [2.45, 2.75) is 26.8 Å². The molecule has 33 heavy (non-hydrogen) atoms. The van der Waals surface area contributed by atoms with Crippen LogP contribution >= 0.6 is 11.8 Å². The smallest absolute Gasteiger partial charge is 0.224 e. The number of aliphatic hydroxyl groups excluding tert-OH is 1. The van der Waals surface area contributed by atoms with Crippen LogP contribution in [0.5, 0.6) is 5.75 Å². The van der Waals surface area contributed by atoms with Crippen molar-refractivity contribution in [2.24, 2.45) is 0 Å². The van der Waals surface area contributed by atoms with Crippen LogP contribution in [-0.2, 0) is 11.3 Å². The van der Waals surface area contributed by atoms with Crippen LogP contribution < -0.4 is 10.5 Å². The zero-order chi connectivity index (χ0) is 24.0. The molecule has 1 amide bonds. The Labute approximate surface area is 196 Å². The number of nitrogens with zero attached hydrogens (tertiary/aromatic N) is 3. The van der Waals surface area contributed by atoms with E-state index in [1.165, 1.54) is 4.90 Å². The van der Waals surface area contributed by atoms with Gasteiger partial charge in [-0.15, -0.1) is 0 Å². The molecular weight excluding hydrogens is 440 g/mol. The van der Waals surface area contributed by atoms with Crippen molar-refractivity contribution in [1.29, 1.82) is 0 Å². The Kier molecular flexibility index (Phi) is 8.02. The SMILES string of the molecule is COc1ccc(C(=O)S/C(CCO)=C(/C)N(C=O)Cc2cnc(C)nc2N)c2ccccc12. The summed E-state index contributed by atoms with van der Waals surface area (Å²) in [5.74, 6) is 1.51. The fraction of sp³-hybridized carbons (Fsp3) is 0.250. The maximum absolute atomic E-state index is 13.3. The van der Waals surface area contributed by atoms with Crippen molar-refractivity contribution < 1.29 is 19.4 Å². The fourth-order valence-electron chi connectivity index (χ4n) is 3.41. The number of aryl methyl sites for hydroxylation is 1. The van der Waals surface area contributed by atoms with Gasteiger partial charge in [-0.2, -0.15) is 0 Å². The van der Waals surface area contributed by atoms with Gasteiger partial charge in [0.2, 0.25) is 11.5 Å². The molecule has 0 atom stereocenters. The second-order valence-corrected chi connectivity index (χ2v) is 8.36. The molecule has 0 bridgehead atoms. The maximum atomic E-state index is 13.3. The zero-order valence-corrected chi connectivity index (χ0v) is 19.6. The molecule has 1 aromatic heterocycles. The molecule has 0 aliphatic heterocycles. The number of methoxy groups -OCH3 is 1. The van der Waals surface area contributed by atoms with Crippen molar-refractivity contribution >= 4 is 39.9 Å². The van der Waals surface area contributed by atoms with Crippen LogP contribution in [0.4, 0.5) is 5.82 Å². The number of fused-ring (bicyclic) bond motifs is 1. The first kappa shape index (κ1) is 24.2. The van der Waals surface area contributed by atoms with E-state index in [0.717, 1.165) is 22.5 Å². The molecule has 0 aliphatic rings. The van der Waals surface area contributed by atoms with Gasteiger partial charge in [-0.3, -0.25) is 9.59 Å². The molecule has 9 heteroatoms. The summed E-state index contributed by atoms with van der Waals surface area (Å²) in [6, 6.07) is 11.0. The molecule has 3 rings (SSSR count). The van der Waals surface area contributed by atoms with Gasteiger partial charge >= 0.3 is 0 Å². The minimum Gasteiger partial charge on any atom is -0.496 e. The van der Waals surface area contributed by atoms with E-state index >= 15 is 0 Å². The van der Waals surface area contributed by atoms with Gasteiger partial charge < -0.3 is 20.5 Å². The zero-order valence-electron chi connectivity index (χ0n) is 18.7. The topological polar surface area (TPSA) is 119 Å². The monoisotopic (exact) mass is 466 g/mol. The molecule has 0 unspecified atom stereocenters. The van der Waals surface area contributed by atoms with E-state index in [0.29, 0.717) is 45.5 Å². The second kappa shape index (κ2) is 10.9. The third kappa shape index (κ3) is 5.50. The first-order valence-electron chi connectivity index (χ1n) is 10.3. The summed E-state index contributed by atoms with van der Waals surface area (Å²) >= 11 is 0.997. The normalized spacial score (nSPS) is 11.8. The largest absolute Gasteiger partial charge is 0.496 e. The third-order valence-electron chi connectivity index (χ3n) is 5.20. The fourth-order valence-corrected chi connectivity index (χ4v) is 4.38. The van der Waals surface area contributed by atoms with Gasteiger partial charge in [0.25, 0.3) is 0 Å². The van der Waals surface area contributed by atoms with Gasteiger partial charge in [-0.05, 0) is 43.1 Å². The molecule has 0 spiro atoms. The van der Waals surface area contributed by atoms with Crippen molar-refractivity contribution in [3.63, 3.8) is 0 Å². The highest BCUT2D eigenvalue weighted by Crippen LogP contribution is 2.34. The maximum Gasteiger partial charge on any atom is 0.224 e. The molecule has 8 nitrogen and oxygen atoms in total. The van der Waals surface area contributed by atoms with Gasteiger partial charge in [0.15, 0.2) is 0 Å². The Morgan fingerprint density at radius 3 is 2.61 bits per heavy atom. The number of aromatic nitrogens is 2. The highest BCUT2D eigenvalue weighted by Gasteiger charge is 2.19. The summed E-state index contributed by atoms with van der Waals surface area (Å²) in [6.45, 7) is 3.44. The number of carbonyl (C=O) groups is 2. The van der Waals surface area contributed by atoms with Crippen molar-refractivity contribution in [3.05, 3.63) is 70.1 Å². The van der Waals surface area contributed by atoms with E-state index in [9.17, 15) is 14.7 Å². The van der Waals surface area contributed by atoms with Crippen LogP contribution in [0, 0.1) is 6.92 Å². The standard InChI is InChI=1S/C24H26N4O4S/c1-15(28(14-30)13-17-12-26-16(2)27-23(17)25)22(10-11-29)33-24(31)20-8-9-21(32-3)19-7-5-4-6-18(19)20/h4-9,12,14,29H,10-11,13H2,1-3H3,(H2,25,26,27)/b22-15-. The number of allylic oxidation sites excluding steroid dienone is 1.